The number of aromatic nitrogens is 3. The SMILES string of the molecule is COc1ccc(-n2ccnc2CN2CCC(O)(Cc3cc(-c4ccccc4)no3)CC2)cc1. The molecule has 0 unspecified atom stereocenters. The normalized spacial score (nSPS) is 16.1. The van der Waals surface area contributed by atoms with E-state index in [0.29, 0.717) is 19.3 Å². The molecule has 5 rings (SSSR count). The Kier molecular flexibility index (Phi) is 5.98. The van der Waals surface area contributed by atoms with Gasteiger partial charge in [-0.3, -0.25) is 4.90 Å². The van der Waals surface area contributed by atoms with Gasteiger partial charge in [-0.05, 0) is 37.1 Å². The van der Waals surface area contributed by atoms with Gasteiger partial charge in [0.2, 0.25) is 0 Å². The zero-order valence-corrected chi connectivity index (χ0v) is 18.7. The van der Waals surface area contributed by atoms with E-state index in [1.54, 1.807) is 7.11 Å². The highest BCUT2D eigenvalue weighted by Gasteiger charge is 2.34. The Morgan fingerprint density at radius 2 is 1.82 bits per heavy atom. The molecule has 1 aliphatic rings. The van der Waals surface area contributed by atoms with Crippen LogP contribution in [0.2, 0.25) is 0 Å². The summed E-state index contributed by atoms with van der Waals surface area (Å²) in [7, 11) is 1.67. The van der Waals surface area contributed by atoms with E-state index in [1.807, 2.05) is 73.1 Å². The van der Waals surface area contributed by atoms with Gasteiger partial charge < -0.3 is 18.9 Å². The molecule has 4 aromatic rings. The fraction of sp³-hybridized carbons (Fsp3) is 0.308. The van der Waals surface area contributed by atoms with Crippen LogP contribution in [0.5, 0.6) is 5.75 Å². The Labute approximate surface area is 193 Å². The first-order valence-corrected chi connectivity index (χ1v) is 11.2. The number of benzene rings is 2. The van der Waals surface area contributed by atoms with Crippen molar-refractivity contribution in [2.45, 2.75) is 31.4 Å². The van der Waals surface area contributed by atoms with Crippen molar-refractivity contribution in [2.75, 3.05) is 20.2 Å². The Balaban J connectivity index is 1.19. The molecule has 1 saturated heterocycles. The predicted octanol–water partition coefficient (Wildman–Crippen LogP) is 4.11. The second kappa shape index (κ2) is 9.21. The van der Waals surface area contributed by atoms with E-state index >= 15 is 0 Å². The molecule has 0 bridgehead atoms. The van der Waals surface area contributed by atoms with Crippen molar-refractivity contribution < 1.29 is 14.4 Å². The lowest BCUT2D eigenvalue weighted by Crippen LogP contribution is -2.45. The van der Waals surface area contributed by atoms with Gasteiger partial charge in [0.15, 0.2) is 0 Å². The van der Waals surface area contributed by atoms with Crippen molar-refractivity contribution in [3.63, 3.8) is 0 Å². The molecule has 2 aromatic heterocycles. The minimum atomic E-state index is -0.782. The summed E-state index contributed by atoms with van der Waals surface area (Å²) in [5.41, 5.74) is 2.09. The quantitative estimate of drug-likeness (QED) is 0.462. The van der Waals surface area contributed by atoms with Gasteiger partial charge in [-0.1, -0.05) is 35.5 Å². The summed E-state index contributed by atoms with van der Waals surface area (Å²) in [4.78, 5) is 6.91. The van der Waals surface area contributed by atoms with Crippen LogP contribution in [0, 0.1) is 0 Å². The zero-order valence-electron chi connectivity index (χ0n) is 18.7. The van der Waals surface area contributed by atoms with Gasteiger partial charge in [0.1, 0.15) is 23.0 Å². The molecule has 0 aliphatic carbocycles. The van der Waals surface area contributed by atoms with Crippen molar-refractivity contribution in [2.24, 2.45) is 0 Å². The van der Waals surface area contributed by atoms with Crippen molar-refractivity contribution >= 4 is 0 Å². The van der Waals surface area contributed by atoms with Gasteiger partial charge in [-0.25, -0.2) is 4.98 Å². The maximum Gasteiger partial charge on any atom is 0.140 e. The number of imidazole rings is 1. The molecule has 1 aliphatic heterocycles. The highest BCUT2D eigenvalue weighted by atomic mass is 16.5. The Morgan fingerprint density at radius 1 is 1.06 bits per heavy atom. The van der Waals surface area contributed by atoms with E-state index in [9.17, 15) is 5.11 Å². The molecule has 7 heteroatoms. The summed E-state index contributed by atoms with van der Waals surface area (Å²) in [6, 6.07) is 19.8. The van der Waals surface area contributed by atoms with Gasteiger partial charge in [0.25, 0.3) is 0 Å². The number of rotatable bonds is 7. The maximum absolute atomic E-state index is 11.2. The topological polar surface area (TPSA) is 76.5 Å². The van der Waals surface area contributed by atoms with Gasteiger partial charge in [0, 0.05) is 49.2 Å². The van der Waals surface area contributed by atoms with E-state index in [1.165, 1.54) is 0 Å². The van der Waals surface area contributed by atoms with Crippen molar-refractivity contribution in [1.29, 1.82) is 0 Å². The highest BCUT2D eigenvalue weighted by Crippen LogP contribution is 2.29. The van der Waals surface area contributed by atoms with E-state index in [4.69, 9.17) is 9.26 Å². The third kappa shape index (κ3) is 4.84. The molecule has 0 atom stereocenters. The van der Waals surface area contributed by atoms with Crippen molar-refractivity contribution in [3.05, 3.63) is 84.6 Å². The molecule has 1 N–H and O–H groups in total. The van der Waals surface area contributed by atoms with Crippen LogP contribution in [0.25, 0.3) is 16.9 Å². The zero-order chi connectivity index (χ0) is 22.7. The Morgan fingerprint density at radius 3 is 2.55 bits per heavy atom. The molecular formula is C26H28N4O3. The first kappa shape index (κ1) is 21.4. The van der Waals surface area contributed by atoms with E-state index < -0.39 is 5.60 Å². The summed E-state index contributed by atoms with van der Waals surface area (Å²) in [6.07, 6.45) is 5.64. The molecule has 0 saturated carbocycles. The van der Waals surface area contributed by atoms with Crippen LogP contribution in [0.3, 0.4) is 0 Å². The lowest BCUT2D eigenvalue weighted by molar-refractivity contribution is -0.0271. The fourth-order valence-electron chi connectivity index (χ4n) is 4.40. The average Bonchev–Trinajstić information content (AvgIpc) is 3.51. The number of aliphatic hydroxyl groups is 1. The maximum atomic E-state index is 11.2. The molecule has 3 heterocycles. The van der Waals surface area contributed by atoms with E-state index in [-0.39, 0.29) is 0 Å². The molecule has 170 valence electrons. The molecule has 2 aromatic carbocycles. The molecule has 33 heavy (non-hydrogen) atoms. The molecule has 0 radical (unpaired) electrons. The summed E-state index contributed by atoms with van der Waals surface area (Å²) in [5.74, 6) is 2.53. The number of ether oxygens (including phenoxy) is 1. The van der Waals surface area contributed by atoms with Gasteiger partial charge >= 0.3 is 0 Å². The van der Waals surface area contributed by atoms with Crippen LogP contribution in [0.1, 0.15) is 24.4 Å². The fourth-order valence-corrected chi connectivity index (χ4v) is 4.40. The molecule has 0 amide bonds. The Hall–Kier alpha value is -3.42. The minimum absolute atomic E-state index is 0.473. The lowest BCUT2D eigenvalue weighted by atomic mass is 9.87. The molecular weight excluding hydrogens is 416 g/mol. The van der Waals surface area contributed by atoms with Crippen LogP contribution in [-0.2, 0) is 13.0 Å². The number of piperidine rings is 1. The van der Waals surface area contributed by atoms with Crippen molar-refractivity contribution in [3.8, 4) is 22.7 Å². The number of hydrogen-bond donors (Lipinski definition) is 1. The summed E-state index contributed by atoms with van der Waals surface area (Å²) < 4.78 is 12.9. The summed E-state index contributed by atoms with van der Waals surface area (Å²) in [6.45, 7) is 2.33. The lowest BCUT2D eigenvalue weighted by Gasteiger charge is -2.37. The first-order valence-electron chi connectivity index (χ1n) is 11.2. The molecule has 0 spiro atoms. The van der Waals surface area contributed by atoms with Gasteiger partial charge in [-0.2, -0.15) is 0 Å². The highest BCUT2D eigenvalue weighted by molar-refractivity contribution is 5.58. The summed E-state index contributed by atoms with van der Waals surface area (Å²) >= 11 is 0. The third-order valence-electron chi connectivity index (χ3n) is 6.35. The van der Waals surface area contributed by atoms with Crippen LogP contribution in [0.15, 0.2) is 77.6 Å². The monoisotopic (exact) mass is 444 g/mol. The molecule has 1 fully saturated rings. The number of likely N-dealkylation sites (tertiary alicyclic amines) is 1. The van der Waals surface area contributed by atoms with E-state index in [0.717, 1.165) is 53.9 Å². The second-order valence-electron chi connectivity index (χ2n) is 8.63. The smallest absolute Gasteiger partial charge is 0.140 e. The summed E-state index contributed by atoms with van der Waals surface area (Å²) in [5, 5.41) is 15.4. The van der Waals surface area contributed by atoms with Crippen LogP contribution in [0.4, 0.5) is 0 Å². The third-order valence-corrected chi connectivity index (χ3v) is 6.35. The first-order chi connectivity index (χ1) is 16.1. The number of hydrogen-bond acceptors (Lipinski definition) is 6. The Bertz CT molecular complexity index is 1180. The molecule has 7 nitrogen and oxygen atoms in total. The minimum Gasteiger partial charge on any atom is -0.497 e. The standard InChI is InChI=1S/C26H28N4O3/c1-32-22-9-7-21(8-10-22)30-16-13-27-25(30)19-29-14-11-26(31,12-15-29)18-23-17-24(28-33-23)20-5-3-2-4-6-20/h2-10,13,16-17,31H,11-12,14-15,18-19H2,1H3. The van der Waals surface area contributed by atoms with E-state index in [2.05, 4.69) is 19.6 Å². The van der Waals surface area contributed by atoms with Gasteiger partial charge in [0.05, 0.1) is 19.3 Å². The van der Waals surface area contributed by atoms with Crippen molar-refractivity contribution in [1.82, 2.24) is 19.6 Å². The average molecular weight is 445 g/mol. The van der Waals surface area contributed by atoms with Gasteiger partial charge in [-0.15, -0.1) is 0 Å². The van der Waals surface area contributed by atoms with Crippen LogP contribution < -0.4 is 4.74 Å². The largest absolute Gasteiger partial charge is 0.497 e. The number of methoxy groups -OCH3 is 1. The second-order valence-corrected chi connectivity index (χ2v) is 8.63. The number of nitrogens with zero attached hydrogens (tertiary/aromatic N) is 4. The predicted molar refractivity (Wildman–Crippen MR) is 125 cm³/mol. The van der Waals surface area contributed by atoms with Crippen LogP contribution >= 0.6 is 0 Å². The van der Waals surface area contributed by atoms with Crippen LogP contribution in [-0.4, -0.2) is 50.5 Å².